The van der Waals surface area contributed by atoms with E-state index in [-0.39, 0.29) is 22.6 Å². The average molecular weight is 456 g/mol. The number of amides is 2. The molecule has 1 aliphatic carbocycles. The van der Waals surface area contributed by atoms with Crippen molar-refractivity contribution in [2.75, 3.05) is 23.7 Å². The van der Waals surface area contributed by atoms with Gasteiger partial charge in [-0.15, -0.1) is 0 Å². The maximum atomic E-state index is 13.2. The lowest BCUT2D eigenvalue weighted by Gasteiger charge is -2.21. The summed E-state index contributed by atoms with van der Waals surface area (Å²) in [6, 6.07) is 11.7. The van der Waals surface area contributed by atoms with Crippen LogP contribution < -0.4 is 10.6 Å². The minimum Gasteiger partial charge on any atom is -0.326 e. The molecule has 1 saturated carbocycles. The summed E-state index contributed by atoms with van der Waals surface area (Å²) in [5.41, 5.74) is 2.03. The number of sulfonamides is 1. The number of benzene rings is 2. The van der Waals surface area contributed by atoms with E-state index in [0.717, 1.165) is 38.5 Å². The molecule has 2 aromatic carbocycles. The highest BCUT2D eigenvalue weighted by Gasteiger charge is 2.30. The summed E-state index contributed by atoms with van der Waals surface area (Å²) in [6.45, 7) is 2.82. The van der Waals surface area contributed by atoms with Crippen molar-refractivity contribution in [3.8, 4) is 0 Å². The predicted octanol–water partition coefficient (Wildman–Crippen LogP) is 4.16. The van der Waals surface area contributed by atoms with Crippen LogP contribution in [-0.4, -0.2) is 37.6 Å². The molecule has 4 rings (SSSR count). The number of aryl methyl sites for hydroxylation is 1. The molecule has 1 heterocycles. The summed E-state index contributed by atoms with van der Waals surface area (Å²) < 4.78 is 28.1. The second-order valence-corrected chi connectivity index (χ2v) is 10.5. The number of carbonyl (C=O) groups is 2. The lowest BCUT2D eigenvalue weighted by molar-refractivity contribution is -0.117. The topological polar surface area (TPSA) is 95.6 Å². The van der Waals surface area contributed by atoms with E-state index in [0.29, 0.717) is 35.6 Å². The number of nitrogens with zero attached hydrogens (tertiary/aromatic N) is 1. The first kappa shape index (κ1) is 22.5. The molecule has 2 fully saturated rings. The molecule has 2 aliphatic rings. The minimum absolute atomic E-state index is 0.0237. The predicted molar refractivity (Wildman–Crippen MR) is 124 cm³/mol. The van der Waals surface area contributed by atoms with E-state index in [1.54, 1.807) is 47.6 Å². The molecule has 1 saturated heterocycles. The quantitative estimate of drug-likeness (QED) is 0.684. The highest BCUT2D eigenvalue weighted by Crippen LogP contribution is 2.30. The maximum Gasteiger partial charge on any atom is 0.255 e. The van der Waals surface area contributed by atoms with E-state index in [9.17, 15) is 18.0 Å². The summed E-state index contributed by atoms with van der Waals surface area (Å²) in [7, 11) is -3.63. The summed E-state index contributed by atoms with van der Waals surface area (Å²) in [6.07, 6.45) is 5.62. The van der Waals surface area contributed by atoms with Crippen LogP contribution in [0.1, 0.15) is 54.4 Å². The van der Waals surface area contributed by atoms with E-state index < -0.39 is 10.0 Å². The van der Waals surface area contributed by atoms with E-state index in [1.807, 2.05) is 0 Å². The van der Waals surface area contributed by atoms with Crippen molar-refractivity contribution in [3.63, 3.8) is 0 Å². The van der Waals surface area contributed by atoms with Crippen LogP contribution in [0.25, 0.3) is 0 Å². The van der Waals surface area contributed by atoms with Gasteiger partial charge in [-0.1, -0.05) is 25.0 Å². The molecule has 0 radical (unpaired) electrons. The zero-order valence-corrected chi connectivity index (χ0v) is 19.1. The molecule has 0 bridgehead atoms. The van der Waals surface area contributed by atoms with Crippen LogP contribution in [0, 0.1) is 12.8 Å². The number of carbonyl (C=O) groups excluding carboxylic acids is 2. The van der Waals surface area contributed by atoms with Crippen LogP contribution in [0.2, 0.25) is 0 Å². The van der Waals surface area contributed by atoms with Crippen LogP contribution >= 0.6 is 0 Å². The molecule has 0 atom stereocenters. The van der Waals surface area contributed by atoms with E-state index >= 15 is 0 Å². The Balaban J connectivity index is 1.51. The molecule has 32 heavy (non-hydrogen) atoms. The molecule has 8 heteroatoms. The Hall–Kier alpha value is -2.71. The van der Waals surface area contributed by atoms with Gasteiger partial charge in [-0.2, -0.15) is 4.31 Å². The third-order valence-electron chi connectivity index (χ3n) is 5.97. The monoisotopic (exact) mass is 455 g/mol. The standard InChI is InChI=1S/C24H29N3O4S/c1-17-9-12-21(16-22(17)32(30,31)27-13-4-2-3-5-14-27)26-24(29)19-7-6-8-20(15-19)25-23(28)18-10-11-18/h6-9,12,15-16,18H,2-5,10-11,13-14H2,1H3,(H,25,28)(H,26,29). The van der Waals surface area contributed by atoms with Crippen molar-refractivity contribution in [2.24, 2.45) is 5.92 Å². The Labute approximate surface area is 189 Å². The van der Waals surface area contributed by atoms with Gasteiger partial charge in [0, 0.05) is 35.9 Å². The average Bonchev–Trinajstić information content (AvgIpc) is 3.62. The van der Waals surface area contributed by atoms with E-state index in [2.05, 4.69) is 10.6 Å². The van der Waals surface area contributed by atoms with Crippen molar-refractivity contribution in [2.45, 2.75) is 50.3 Å². The van der Waals surface area contributed by atoms with Crippen LogP contribution in [0.15, 0.2) is 47.4 Å². The molecule has 1 aliphatic heterocycles. The van der Waals surface area contributed by atoms with Crippen molar-refractivity contribution >= 4 is 33.2 Å². The van der Waals surface area contributed by atoms with Gasteiger partial charge in [0.05, 0.1) is 4.90 Å². The van der Waals surface area contributed by atoms with Crippen LogP contribution in [0.3, 0.4) is 0 Å². The SMILES string of the molecule is Cc1ccc(NC(=O)c2cccc(NC(=O)C3CC3)c2)cc1S(=O)(=O)N1CCCCCC1. The van der Waals surface area contributed by atoms with Gasteiger partial charge in [0.2, 0.25) is 15.9 Å². The lowest BCUT2D eigenvalue weighted by atomic mass is 10.1. The number of nitrogens with one attached hydrogen (secondary N) is 2. The van der Waals surface area contributed by atoms with Gasteiger partial charge >= 0.3 is 0 Å². The number of hydrogen-bond donors (Lipinski definition) is 2. The number of rotatable bonds is 6. The zero-order valence-electron chi connectivity index (χ0n) is 18.3. The lowest BCUT2D eigenvalue weighted by Crippen LogP contribution is -2.32. The first-order chi connectivity index (χ1) is 15.3. The van der Waals surface area contributed by atoms with Crippen LogP contribution in [0.5, 0.6) is 0 Å². The molecule has 2 aromatic rings. The van der Waals surface area contributed by atoms with Gasteiger partial charge in [0.15, 0.2) is 0 Å². The van der Waals surface area contributed by atoms with Gasteiger partial charge in [0.25, 0.3) is 5.91 Å². The van der Waals surface area contributed by atoms with E-state index in [4.69, 9.17) is 0 Å². The highest BCUT2D eigenvalue weighted by molar-refractivity contribution is 7.89. The van der Waals surface area contributed by atoms with Crippen molar-refractivity contribution < 1.29 is 18.0 Å². The third-order valence-corrected chi connectivity index (χ3v) is 8.01. The first-order valence-corrected chi connectivity index (χ1v) is 12.6. The Morgan fingerprint density at radius 2 is 1.59 bits per heavy atom. The first-order valence-electron chi connectivity index (χ1n) is 11.2. The summed E-state index contributed by atoms with van der Waals surface area (Å²) in [4.78, 5) is 25.0. The van der Waals surface area contributed by atoms with Gasteiger partial charge in [-0.3, -0.25) is 9.59 Å². The highest BCUT2D eigenvalue weighted by atomic mass is 32.2. The molecule has 2 N–H and O–H groups in total. The van der Waals surface area contributed by atoms with Crippen LogP contribution in [0.4, 0.5) is 11.4 Å². The fourth-order valence-electron chi connectivity index (χ4n) is 3.91. The molecule has 7 nitrogen and oxygen atoms in total. The Morgan fingerprint density at radius 1 is 0.906 bits per heavy atom. The van der Waals surface area contributed by atoms with Gasteiger partial charge in [-0.25, -0.2) is 8.42 Å². The van der Waals surface area contributed by atoms with Gasteiger partial charge in [0.1, 0.15) is 0 Å². The summed E-state index contributed by atoms with van der Waals surface area (Å²) >= 11 is 0. The van der Waals surface area contributed by atoms with Gasteiger partial charge in [-0.05, 0) is 68.5 Å². The molecule has 2 amide bonds. The second-order valence-electron chi connectivity index (χ2n) is 8.60. The zero-order chi connectivity index (χ0) is 22.7. The van der Waals surface area contributed by atoms with Crippen LogP contribution in [-0.2, 0) is 14.8 Å². The Bertz CT molecular complexity index is 1120. The fourth-order valence-corrected chi connectivity index (χ4v) is 5.68. The molecule has 0 unspecified atom stereocenters. The van der Waals surface area contributed by atoms with E-state index in [1.165, 1.54) is 6.07 Å². The minimum atomic E-state index is -3.63. The summed E-state index contributed by atoms with van der Waals surface area (Å²) in [5, 5.41) is 5.63. The smallest absolute Gasteiger partial charge is 0.255 e. The summed E-state index contributed by atoms with van der Waals surface area (Å²) in [5.74, 6) is -0.316. The maximum absolute atomic E-state index is 13.2. The van der Waals surface area contributed by atoms with Crippen molar-refractivity contribution in [3.05, 3.63) is 53.6 Å². The van der Waals surface area contributed by atoms with Gasteiger partial charge < -0.3 is 10.6 Å². The Morgan fingerprint density at radius 3 is 2.28 bits per heavy atom. The fraction of sp³-hybridized carbons (Fsp3) is 0.417. The Kier molecular flexibility index (Phi) is 6.62. The largest absolute Gasteiger partial charge is 0.326 e. The molecular formula is C24H29N3O4S. The number of hydrogen-bond acceptors (Lipinski definition) is 4. The molecule has 0 spiro atoms. The number of anilines is 2. The second kappa shape index (κ2) is 9.42. The third kappa shape index (κ3) is 5.19. The molecular weight excluding hydrogens is 426 g/mol. The normalized spacial score (nSPS) is 17.4. The molecule has 0 aromatic heterocycles. The van der Waals surface area contributed by atoms with Crippen molar-refractivity contribution in [1.29, 1.82) is 0 Å². The molecule has 170 valence electrons. The van der Waals surface area contributed by atoms with Crippen molar-refractivity contribution in [1.82, 2.24) is 4.31 Å².